The molecule has 5 atom stereocenters. The van der Waals surface area contributed by atoms with Crippen molar-refractivity contribution in [2.45, 2.75) is 42.3 Å². The lowest BCUT2D eigenvalue weighted by Crippen LogP contribution is -2.60. The molecule has 16 heteroatoms. The molecular weight excluding hydrogens is 783 g/mol. The number of nitrogens with one attached hydrogen (secondary N) is 1. The monoisotopic (exact) mass is 817 g/mol. The van der Waals surface area contributed by atoms with Crippen molar-refractivity contribution in [1.29, 1.82) is 0 Å². The number of benzene rings is 5. The van der Waals surface area contributed by atoms with Crippen molar-refractivity contribution in [2.24, 2.45) is 0 Å². The molecular formula is C43H35N3O12S. The van der Waals surface area contributed by atoms with Gasteiger partial charge in [0.05, 0.1) is 27.1 Å². The Labute approximate surface area is 337 Å². The van der Waals surface area contributed by atoms with Gasteiger partial charge in [-0.2, -0.15) is 8.42 Å². The molecule has 0 bridgehead atoms. The van der Waals surface area contributed by atoms with Crippen LogP contribution >= 0.6 is 0 Å². The molecule has 1 N–H and O–H groups in total. The predicted octanol–water partition coefficient (Wildman–Crippen LogP) is 5.09. The Morgan fingerprint density at radius 2 is 1.03 bits per heavy atom. The molecule has 0 amide bonds. The first-order chi connectivity index (χ1) is 28.5. The number of hydrogen-bond donors (Lipinski definition) is 1. The molecule has 1 saturated heterocycles. The maximum atomic E-state index is 13.9. The summed E-state index contributed by atoms with van der Waals surface area (Å²) >= 11 is 0. The lowest BCUT2D eigenvalue weighted by molar-refractivity contribution is -0.233. The zero-order valence-corrected chi connectivity index (χ0v) is 32.0. The van der Waals surface area contributed by atoms with Crippen molar-refractivity contribution in [2.75, 3.05) is 6.61 Å². The van der Waals surface area contributed by atoms with Crippen molar-refractivity contribution in [3.8, 4) is 0 Å². The Morgan fingerprint density at radius 3 is 1.51 bits per heavy atom. The highest BCUT2D eigenvalue weighted by molar-refractivity contribution is 7.89. The third kappa shape index (κ3) is 9.03. The highest BCUT2D eigenvalue weighted by atomic mass is 32.2. The maximum absolute atomic E-state index is 13.9. The van der Waals surface area contributed by atoms with E-state index in [0.717, 1.165) is 5.56 Å². The molecule has 7 rings (SSSR count). The van der Waals surface area contributed by atoms with Crippen LogP contribution in [0.2, 0.25) is 0 Å². The molecule has 5 aromatic carbocycles. The quantitative estimate of drug-likeness (QED) is 0.127. The van der Waals surface area contributed by atoms with Crippen LogP contribution in [0.25, 0.3) is 0 Å². The standard InChI is InChI=1S/C43H35N3O12S/c1-27-22-24-32(25-23-27)59(52,53)46-43(51)44-38(45-46)37-36(58-42(50)31-20-12-5-13-21-31)35(57-41(49)30-18-10-4-11-19-30)34(56-40(48)29-16-8-3-9-17-29)33(55-37)26-54-39(47)28-14-6-2-7-15-28/h2-25,33-37H,26H2,1H3,(H,44,45,51)/t33-,34-,35+,36-,37-/m1/s1. The van der Waals surface area contributed by atoms with E-state index in [1.807, 2.05) is 0 Å². The first kappa shape index (κ1) is 40.0. The van der Waals surface area contributed by atoms with Crippen LogP contribution < -0.4 is 5.69 Å². The number of rotatable bonds is 12. The molecule has 1 aliphatic heterocycles. The normalized spacial score (nSPS) is 18.9. The number of ether oxygens (including phenoxy) is 5. The molecule has 1 fully saturated rings. The SMILES string of the molecule is Cc1ccc(S(=O)(=O)n2nc([C@@H]3O[C@H](COC(=O)c4ccccc4)[C@@H](OC(=O)c4ccccc4)[C@H](OC(=O)c4ccccc4)[C@H]3OC(=O)c3ccccc3)[nH]c2=O)cc1. The number of carbonyl (C=O) groups is 4. The Hall–Kier alpha value is -7.17. The van der Waals surface area contributed by atoms with Crippen molar-refractivity contribution in [3.63, 3.8) is 0 Å². The number of carbonyl (C=O) groups excluding carboxylic acids is 4. The van der Waals surface area contributed by atoms with Crippen LogP contribution in [0.4, 0.5) is 0 Å². The van der Waals surface area contributed by atoms with Gasteiger partial charge in [-0.3, -0.25) is 4.98 Å². The van der Waals surface area contributed by atoms with Gasteiger partial charge >= 0.3 is 29.6 Å². The second kappa shape index (κ2) is 17.5. The fourth-order valence-electron chi connectivity index (χ4n) is 6.21. The van der Waals surface area contributed by atoms with Gasteiger partial charge in [-0.25, -0.2) is 24.0 Å². The maximum Gasteiger partial charge on any atom is 0.358 e. The van der Waals surface area contributed by atoms with E-state index in [-0.39, 0.29) is 31.2 Å². The second-order valence-electron chi connectivity index (χ2n) is 13.2. The van der Waals surface area contributed by atoms with Crippen LogP contribution in [-0.4, -0.2) is 77.5 Å². The highest BCUT2D eigenvalue weighted by Gasteiger charge is 2.54. The molecule has 0 saturated carbocycles. The molecule has 2 heterocycles. The third-order valence-corrected chi connectivity index (χ3v) is 10.8. The number of aromatic amines is 1. The number of nitrogens with zero attached hydrogens (tertiary/aromatic N) is 2. The molecule has 0 spiro atoms. The summed E-state index contributed by atoms with van der Waals surface area (Å²) in [5.74, 6) is -4.09. The first-order valence-corrected chi connectivity index (χ1v) is 19.6. The van der Waals surface area contributed by atoms with Gasteiger partial charge in [0.15, 0.2) is 30.2 Å². The molecule has 15 nitrogen and oxygen atoms in total. The molecule has 300 valence electrons. The summed E-state index contributed by atoms with van der Waals surface area (Å²) in [6.45, 7) is 1.10. The fraction of sp³-hybridized carbons (Fsp3) is 0.163. The number of aromatic nitrogens is 3. The van der Waals surface area contributed by atoms with Crippen LogP contribution in [0.15, 0.2) is 155 Å². The minimum absolute atomic E-state index is 0.0529. The number of esters is 4. The van der Waals surface area contributed by atoms with Gasteiger partial charge in [0.25, 0.3) is 10.0 Å². The van der Waals surface area contributed by atoms with Crippen LogP contribution in [0.5, 0.6) is 0 Å². The van der Waals surface area contributed by atoms with E-state index in [4.69, 9.17) is 23.7 Å². The van der Waals surface area contributed by atoms with E-state index < -0.39 is 82.5 Å². The summed E-state index contributed by atoms with van der Waals surface area (Å²) in [5, 5.41) is 4.11. The topological polar surface area (TPSA) is 199 Å². The van der Waals surface area contributed by atoms with Gasteiger partial charge in [0, 0.05) is 0 Å². The second-order valence-corrected chi connectivity index (χ2v) is 15.0. The first-order valence-electron chi connectivity index (χ1n) is 18.2. The number of H-pyrrole nitrogens is 1. The smallest absolute Gasteiger partial charge is 0.358 e. The fourth-order valence-corrected chi connectivity index (χ4v) is 7.35. The lowest BCUT2D eigenvalue weighted by atomic mass is 9.93. The van der Waals surface area contributed by atoms with Crippen molar-refractivity contribution >= 4 is 33.9 Å². The summed E-state index contributed by atoms with van der Waals surface area (Å²) in [6, 6.07) is 37.0. The van der Waals surface area contributed by atoms with Crippen molar-refractivity contribution in [3.05, 3.63) is 190 Å². The van der Waals surface area contributed by atoms with E-state index in [0.29, 0.717) is 0 Å². The summed E-state index contributed by atoms with van der Waals surface area (Å²) in [6.07, 6.45) is -8.52. The Balaban J connectivity index is 1.36. The van der Waals surface area contributed by atoms with Gasteiger partial charge in [0.2, 0.25) is 0 Å². The van der Waals surface area contributed by atoms with Crippen LogP contribution in [0, 0.1) is 6.92 Å². The van der Waals surface area contributed by atoms with Crippen molar-refractivity contribution in [1.82, 2.24) is 14.2 Å². The largest absolute Gasteiger partial charge is 0.459 e. The zero-order chi connectivity index (χ0) is 41.5. The molecule has 0 aliphatic carbocycles. The van der Waals surface area contributed by atoms with E-state index >= 15 is 0 Å². The van der Waals surface area contributed by atoms with Crippen LogP contribution in [0.3, 0.4) is 0 Å². The molecule has 0 unspecified atom stereocenters. The molecule has 59 heavy (non-hydrogen) atoms. The summed E-state index contributed by atoms with van der Waals surface area (Å²) < 4.78 is 57.8. The van der Waals surface area contributed by atoms with Gasteiger partial charge < -0.3 is 23.7 Å². The predicted molar refractivity (Wildman–Crippen MR) is 208 cm³/mol. The number of hydrogen-bond acceptors (Lipinski definition) is 13. The summed E-state index contributed by atoms with van der Waals surface area (Å²) in [5.41, 5.74) is -0.0770. The van der Waals surface area contributed by atoms with Gasteiger partial charge in [-0.05, 0) is 67.6 Å². The summed E-state index contributed by atoms with van der Waals surface area (Å²) in [4.78, 5) is 70.4. The van der Waals surface area contributed by atoms with Crippen LogP contribution in [0.1, 0.15) is 58.9 Å². The van der Waals surface area contributed by atoms with E-state index in [2.05, 4.69) is 10.1 Å². The Kier molecular flexibility index (Phi) is 11.9. The molecule has 1 aromatic heterocycles. The van der Waals surface area contributed by atoms with Crippen molar-refractivity contribution < 1.29 is 51.3 Å². The summed E-state index contributed by atoms with van der Waals surface area (Å²) in [7, 11) is -4.60. The van der Waals surface area contributed by atoms with Gasteiger partial charge in [-0.1, -0.05) is 94.6 Å². The zero-order valence-electron chi connectivity index (χ0n) is 31.2. The van der Waals surface area contributed by atoms with Crippen LogP contribution in [-0.2, 0) is 33.7 Å². The van der Waals surface area contributed by atoms with Gasteiger partial charge in [-0.15, -0.1) is 5.10 Å². The van der Waals surface area contributed by atoms with E-state index in [1.165, 1.54) is 60.7 Å². The number of aryl methyl sites for hydroxylation is 1. The lowest BCUT2D eigenvalue weighted by Gasteiger charge is -2.44. The Morgan fingerprint density at radius 1 is 0.610 bits per heavy atom. The van der Waals surface area contributed by atoms with E-state index in [1.54, 1.807) is 91.9 Å². The molecule has 1 aliphatic rings. The average Bonchev–Trinajstić information content (AvgIpc) is 3.67. The van der Waals surface area contributed by atoms with E-state index in [9.17, 15) is 32.4 Å². The Bertz CT molecular complexity index is 2600. The average molecular weight is 818 g/mol. The third-order valence-electron chi connectivity index (χ3n) is 9.20. The minimum atomic E-state index is -4.60. The minimum Gasteiger partial charge on any atom is -0.459 e. The molecule has 6 aromatic rings. The van der Waals surface area contributed by atoms with Gasteiger partial charge in [0.1, 0.15) is 12.7 Å². The highest BCUT2D eigenvalue weighted by Crippen LogP contribution is 2.37. The molecule has 0 radical (unpaired) electrons.